The zero-order valence-corrected chi connectivity index (χ0v) is 15.7. The lowest BCUT2D eigenvalue weighted by atomic mass is 10.0. The largest absolute Gasteiger partial charge is 0.392 e. The molecule has 0 spiro atoms. The van der Waals surface area contributed by atoms with Crippen LogP contribution < -0.4 is 0 Å². The maximum atomic E-state index is 13.5. The van der Waals surface area contributed by atoms with Crippen molar-refractivity contribution >= 4 is 34.2 Å². The van der Waals surface area contributed by atoms with Crippen LogP contribution in [0.4, 0.5) is 35.1 Å². The van der Waals surface area contributed by atoms with E-state index in [0.717, 1.165) is 25.7 Å². The summed E-state index contributed by atoms with van der Waals surface area (Å²) < 4.78 is 104. The standard InChI is InChI=1S/C14H18ClF8I/c1-2-3-4-5-6-7-8-10(24)9-11(16,17)12(18,19)13(20,21)14(15,22)23/h8H,2-7,9H2,1H3/b10-8-. The lowest BCUT2D eigenvalue weighted by Gasteiger charge is -2.34. The first-order chi connectivity index (χ1) is 10.7. The molecular formula is C14H18ClF8I. The molecule has 0 atom stereocenters. The first-order valence-electron chi connectivity index (χ1n) is 7.25. The lowest BCUT2D eigenvalue weighted by Crippen LogP contribution is -2.60. The Labute approximate surface area is 154 Å². The van der Waals surface area contributed by atoms with Crippen LogP contribution in [-0.4, -0.2) is 23.1 Å². The molecule has 0 heterocycles. The molecule has 0 aliphatic rings. The van der Waals surface area contributed by atoms with Crippen LogP contribution in [-0.2, 0) is 0 Å². The fourth-order valence-corrected chi connectivity index (χ4v) is 2.72. The summed E-state index contributed by atoms with van der Waals surface area (Å²) >= 11 is 5.19. The lowest BCUT2D eigenvalue weighted by molar-refractivity contribution is -0.347. The molecule has 0 rings (SSSR count). The average Bonchev–Trinajstić information content (AvgIpc) is 2.40. The van der Waals surface area contributed by atoms with Crippen molar-refractivity contribution in [2.24, 2.45) is 0 Å². The van der Waals surface area contributed by atoms with Gasteiger partial charge in [-0.05, 0) is 50.6 Å². The highest BCUT2D eigenvalue weighted by molar-refractivity contribution is 14.1. The van der Waals surface area contributed by atoms with E-state index in [4.69, 9.17) is 0 Å². The van der Waals surface area contributed by atoms with Gasteiger partial charge in [-0.2, -0.15) is 35.1 Å². The number of hydrogen-bond donors (Lipinski definition) is 0. The van der Waals surface area contributed by atoms with Gasteiger partial charge in [0.1, 0.15) is 0 Å². The number of alkyl halides is 9. The Kier molecular flexibility index (Phi) is 9.30. The first kappa shape index (κ1) is 24.2. The third-order valence-electron chi connectivity index (χ3n) is 3.27. The Morgan fingerprint density at radius 1 is 0.875 bits per heavy atom. The third kappa shape index (κ3) is 6.17. The molecule has 0 fully saturated rings. The zero-order valence-electron chi connectivity index (χ0n) is 12.8. The molecule has 0 saturated heterocycles. The summed E-state index contributed by atoms with van der Waals surface area (Å²) in [5.41, 5.74) is 0. The van der Waals surface area contributed by atoms with E-state index in [0.29, 0.717) is 12.8 Å². The Morgan fingerprint density at radius 2 is 1.38 bits per heavy atom. The Bertz CT molecular complexity index is 417. The zero-order chi connectivity index (χ0) is 19.2. The monoisotopic (exact) mass is 500 g/mol. The van der Waals surface area contributed by atoms with E-state index in [1.807, 2.05) is 6.92 Å². The third-order valence-corrected chi connectivity index (χ3v) is 4.33. The molecule has 0 aliphatic heterocycles. The van der Waals surface area contributed by atoms with Crippen molar-refractivity contribution in [1.82, 2.24) is 0 Å². The van der Waals surface area contributed by atoms with Gasteiger partial charge in [-0.25, -0.2) is 0 Å². The molecule has 0 amide bonds. The van der Waals surface area contributed by atoms with Gasteiger partial charge in [0, 0.05) is 6.42 Å². The van der Waals surface area contributed by atoms with Crippen molar-refractivity contribution < 1.29 is 35.1 Å². The maximum Gasteiger partial charge on any atom is 0.392 e. The van der Waals surface area contributed by atoms with Crippen LogP contribution in [0.5, 0.6) is 0 Å². The second kappa shape index (κ2) is 9.23. The Balaban J connectivity index is 4.87. The van der Waals surface area contributed by atoms with E-state index in [1.54, 1.807) is 0 Å². The van der Waals surface area contributed by atoms with Gasteiger partial charge in [-0.1, -0.05) is 38.7 Å². The van der Waals surface area contributed by atoms with Gasteiger partial charge in [0.25, 0.3) is 0 Å². The molecule has 0 saturated carbocycles. The fourth-order valence-electron chi connectivity index (χ4n) is 1.81. The SMILES string of the molecule is CCCCCCC/C=C(\I)CC(F)(F)C(F)(F)C(F)(F)C(F)(F)Cl. The molecule has 0 unspecified atom stereocenters. The summed E-state index contributed by atoms with van der Waals surface area (Å²) in [5.74, 6) is -18.1. The van der Waals surface area contributed by atoms with Gasteiger partial charge in [-0.3, -0.25) is 0 Å². The number of allylic oxidation sites excluding steroid dienone is 2. The summed E-state index contributed by atoms with van der Waals surface area (Å²) in [6.45, 7) is 2.01. The average molecular weight is 501 g/mol. The molecule has 10 heteroatoms. The van der Waals surface area contributed by atoms with Crippen LogP contribution in [0.15, 0.2) is 9.66 Å². The highest BCUT2D eigenvalue weighted by atomic mass is 127. The van der Waals surface area contributed by atoms with Crippen molar-refractivity contribution in [3.63, 3.8) is 0 Å². The van der Waals surface area contributed by atoms with E-state index >= 15 is 0 Å². The highest BCUT2D eigenvalue weighted by Crippen LogP contribution is 2.55. The molecule has 0 aromatic carbocycles. The Hall–Kier alpha value is 0.200. The Morgan fingerprint density at radius 3 is 1.83 bits per heavy atom. The van der Waals surface area contributed by atoms with E-state index in [2.05, 4.69) is 11.6 Å². The summed E-state index contributed by atoms with van der Waals surface area (Å²) in [4.78, 5) is 0. The van der Waals surface area contributed by atoms with Gasteiger partial charge in [0.2, 0.25) is 0 Å². The number of rotatable bonds is 11. The number of hydrogen-bond acceptors (Lipinski definition) is 0. The van der Waals surface area contributed by atoms with Crippen molar-refractivity contribution in [3.05, 3.63) is 9.66 Å². The fraction of sp³-hybridized carbons (Fsp3) is 0.857. The molecule has 0 aromatic rings. The minimum Gasteiger partial charge on any atom is -0.199 e. The van der Waals surface area contributed by atoms with Crippen LogP contribution in [0.1, 0.15) is 51.9 Å². The molecular weight excluding hydrogens is 482 g/mol. The van der Waals surface area contributed by atoms with Crippen LogP contribution >= 0.6 is 34.2 Å². The molecule has 24 heavy (non-hydrogen) atoms. The van der Waals surface area contributed by atoms with Gasteiger partial charge in [-0.15, -0.1) is 0 Å². The predicted octanol–water partition coefficient (Wildman–Crippen LogP) is 7.79. The summed E-state index contributed by atoms with van der Waals surface area (Å²) in [5, 5.41) is -5.80. The minimum atomic E-state index is -6.39. The number of unbranched alkanes of at least 4 members (excludes halogenated alkanes) is 5. The highest BCUT2D eigenvalue weighted by Gasteiger charge is 2.80. The van der Waals surface area contributed by atoms with E-state index in [-0.39, 0.29) is 3.58 Å². The van der Waals surface area contributed by atoms with E-state index in [9.17, 15) is 35.1 Å². The van der Waals surface area contributed by atoms with Crippen LogP contribution in [0, 0.1) is 0 Å². The van der Waals surface area contributed by atoms with Gasteiger partial charge < -0.3 is 0 Å². The van der Waals surface area contributed by atoms with Crippen molar-refractivity contribution in [2.45, 2.75) is 75.0 Å². The molecule has 0 bridgehead atoms. The van der Waals surface area contributed by atoms with Gasteiger partial charge in [0.15, 0.2) is 0 Å². The molecule has 0 aliphatic carbocycles. The summed E-state index contributed by atoms with van der Waals surface area (Å²) in [7, 11) is 0. The maximum absolute atomic E-state index is 13.5. The predicted molar refractivity (Wildman–Crippen MR) is 85.7 cm³/mol. The van der Waals surface area contributed by atoms with E-state index in [1.165, 1.54) is 28.7 Å². The van der Waals surface area contributed by atoms with Gasteiger partial charge >= 0.3 is 23.1 Å². The van der Waals surface area contributed by atoms with E-state index < -0.39 is 29.6 Å². The van der Waals surface area contributed by atoms with Crippen molar-refractivity contribution in [1.29, 1.82) is 0 Å². The summed E-state index contributed by atoms with van der Waals surface area (Å²) in [6, 6.07) is 0. The molecule has 0 nitrogen and oxygen atoms in total. The van der Waals surface area contributed by atoms with Crippen molar-refractivity contribution in [2.75, 3.05) is 0 Å². The topological polar surface area (TPSA) is 0 Å². The normalized spacial score (nSPS) is 15.0. The smallest absolute Gasteiger partial charge is 0.199 e. The first-order valence-corrected chi connectivity index (χ1v) is 8.71. The van der Waals surface area contributed by atoms with Crippen LogP contribution in [0.25, 0.3) is 0 Å². The second-order valence-electron chi connectivity index (χ2n) is 5.38. The van der Waals surface area contributed by atoms with Gasteiger partial charge in [0.05, 0.1) is 0 Å². The molecule has 0 radical (unpaired) electrons. The quantitative estimate of drug-likeness (QED) is 0.118. The molecule has 0 N–H and O–H groups in total. The summed E-state index contributed by atoms with van der Waals surface area (Å²) in [6.07, 6.45) is 4.16. The van der Waals surface area contributed by atoms with Crippen LogP contribution in [0.3, 0.4) is 0 Å². The minimum absolute atomic E-state index is 0.304. The molecule has 0 aromatic heterocycles. The van der Waals surface area contributed by atoms with Crippen LogP contribution in [0.2, 0.25) is 0 Å². The number of halogens is 10. The molecule has 144 valence electrons. The van der Waals surface area contributed by atoms with Crippen molar-refractivity contribution in [3.8, 4) is 0 Å². The second-order valence-corrected chi connectivity index (χ2v) is 7.24.